The number of methoxy groups -OCH3 is 2. The maximum Gasteiger partial charge on any atom is 0.255 e. The third-order valence-corrected chi connectivity index (χ3v) is 7.90. The summed E-state index contributed by atoms with van der Waals surface area (Å²) in [6, 6.07) is 13.3. The SMILES string of the molecule is COc1ccc(N2CCN(C)CC2)cc1Nc1nccc(-c2[nH]c3c(c2Nc2cccc(Cl)c2OC)C(=O)NCC3)n1. The van der Waals surface area contributed by atoms with Crippen LogP contribution in [0.2, 0.25) is 5.02 Å². The summed E-state index contributed by atoms with van der Waals surface area (Å²) in [5.41, 5.74) is 5.70. The molecule has 1 saturated heterocycles. The number of piperazine rings is 1. The molecular formula is C30H33ClN8O3. The molecule has 4 heterocycles. The van der Waals surface area contributed by atoms with Gasteiger partial charge in [0, 0.05) is 56.7 Å². The minimum atomic E-state index is -0.167. The highest BCUT2D eigenvalue weighted by Crippen LogP contribution is 2.41. The predicted molar refractivity (Wildman–Crippen MR) is 165 cm³/mol. The Morgan fingerprint density at radius 2 is 1.83 bits per heavy atom. The van der Waals surface area contributed by atoms with Gasteiger partial charge in [-0.3, -0.25) is 4.79 Å². The Morgan fingerprint density at radius 3 is 2.62 bits per heavy atom. The standard InChI is InChI=1S/C30H33ClN8O3/c1-38-13-15-39(16-14-38)18-7-8-24(41-2)23(17-18)37-30-33-12-10-21(36-30)26-27(25-20(34-26)9-11-32-29(25)40)35-22-6-4-5-19(31)28(22)42-3/h4-8,10,12,17,34-35H,9,11,13-16H2,1-3H3,(H,32,40)(H,33,36,37). The Kier molecular flexibility index (Phi) is 7.77. The second-order valence-corrected chi connectivity index (χ2v) is 10.7. The molecule has 218 valence electrons. The van der Waals surface area contributed by atoms with Crippen LogP contribution in [0.5, 0.6) is 11.5 Å². The van der Waals surface area contributed by atoms with Gasteiger partial charge in [0.1, 0.15) is 5.75 Å². The van der Waals surface area contributed by atoms with Crippen LogP contribution in [0.1, 0.15) is 16.1 Å². The highest BCUT2D eigenvalue weighted by Gasteiger charge is 2.28. The van der Waals surface area contributed by atoms with Gasteiger partial charge in [0.05, 0.1) is 53.3 Å². The number of nitrogens with zero attached hydrogens (tertiary/aromatic N) is 4. The third kappa shape index (κ3) is 5.40. The van der Waals surface area contributed by atoms with Crippen LogP contribution < -0.4 is 30.3 Å². The number of rotatable bonds is 8. The van der Waals surface area contributed by atoms with Gasteiger partial charge in [-0.2, -0.15) is 0 Å². The maximum absolute atomic E-state index is 13.0. The normalized spacial score (nSPS) is 15.1. The number of benzene rings is 2. The Balaban J connectivity index is 1.36. The molecule has 2 aliphatic rings. The number of hydrogen-bond acceptors (Lipinski definition) is 9. The number of aromatic amines is 1. The summed E-state index contributed by atoms with van der Waals surface area (Å²) in [6.45, 7) is 4.47. The van der Waals surface area contributed by atoms with Crippen molar-refractivity contribution in [2.24, 2.45) is 0 Å². The number of hydrogen-bond donors (Lipinski definition) is 4. The maximum atomic E-state index is 13.0. The monoisotopic (exact) mass is 588 g/mol. The summed E-state index contributed by atoms with van der Waals surface area (Å²) in [6.07, 6.45) is 2.35. The van der Waals surface area contributed by atoms with Crippen molar-refractivity contribution >= 4 is 46.2 Å². The third-order valence-electron chi connectivity index (χ3n) is 7.61. The van der Waals surface area contributed by atoms with Crippen molar-refractivity contribution in [3.63, 3.8) is 0 Å². The zero-order valence-corrected chi connectivity index (χ0v) is 24.5. The molecule has 2 aliphatic heterocycles. The zero-order chi connectivity index (χ0) is 29.2. The van der Waals surface area contributed by atoms with Crippen LogP contribution in [0.3, 0.4) is 0 Å². The van der Waals surface area contributed by atoms with E-state index in [9.17, 15) is 4.79 Å². The van der Waals surface area contributed by atoms with Gasteiger partial charge in [0.25, 0.3) is 5.91 Å². The van der Waals surface area contributed by atoms with E-state index in [1.54, 1.807) is 32.5 Å². The molecule has 0 radical (unpaired) electrons. The molecule has 0 unspecified atom stereocenters. The number of fused-ring (bicyclic) bond motifs is 1. The van der Waals surface area contributed by atoms with Crippen molar-refractivity contribution in [1.82, 2.24) is 25.2 Å². The summed E-state index contributed by atoms with van der Waals surface area (Å²) in [5.74, 6) is 1.39. The lowest BCUT2D eigenvalue weighted by atomic mass is 10.1. The first-order chi connectivity index (χ1) is 20.4. The Labute approximate surface area is 249 Å². The van der Waals surface area contributed by atoms with Crippen molar-refractivity contribution in [3.8, 4) is 22.9 Å². The minimum Gasteiger partial charge on any atom is -0.495 e. The molecule has 0 spiro atoms. The van der Waals surface area contributed by atoms with Crippen molar-refractivity contribution in [2.75, 3.05) is 69.5 Å². The largest absolute Gasteiger partial charge is 0.495 e. The van der Waals surface area contributed by atoms with Gasteiger partial charge in [-0.25, -0.2) is 9.97 Å². The summed E-state index contributed by atoms with van der Waals surface area (Å²) in [7, 11) is 5.34. The molecule has 0 bridgehead atoms. The topological polar surface area (TPSA) is 120 Å². The molecule has 42 heavy (non-hydrogen) atoms. The fourth-order valence-electron chi connectivity index (χ4n) is 5.38. The molecule has 12 heteroatoms. The first-order valence-electron chi connectivity index (χ1n) is 13.8. The first-order valence-corrected chi connectivity index (χ1v) is 14.2. The van der Waals surface area contributed by atoms with Crippen LogP contribution in [0.4, 0.5) is 28.7 Å². The second kappa shape index (κ2) is 11.8. The average molecular weight is 589 g/mol. The van der Waals surface area contributed by atoms with Crippen LogP contribution in [0.15, 0.2) is 48.7 Å². The Hall–Kier alpha value is -4.48. The van der Waals surface area contributed by atoms with Gasteiger partial charge < -0.3 is 40.2 Å². The molecule has 1 fully saturated rings. The number of aromatic nitrogens is 3. The van der Waals surface area contributed by atoms with Gasteiger partial charge in [-0.1, -0.05) is 17.7 Å². The fourth-order valence-corrected chi connectivity index (χ4v) is 5.63. The molecule has 0 saturated carbocycles. The minimum absolute atomic E-state index is 0.167. The number of carbonyl (C=O) groups excluding carboxylic acids is 1. The van der Waals surface area contributed by atoms with E-state index in [1.165, 1.54) is 0 Å². The zero-order valence-electron chi connectivity index (χ0n) is 23.8. The first kappa shape index (κ1) is 27.7. The number of likely N-dealkylation sites (N-methyl/N-ethyl adjacent to an activating group) is 1. The molecule has 11 nitrogen and oxygen atoms in total. The number of carbonyl (C=O) groups is 1. The number of halogens is 1. The highest BCUT2D eigenvalue weighted by atomic mass is 35.5. The molecule has 2 aromatic heterocycles. The van der Waals surface area contributed by atoms with E-state index < -0.39 is 0 Å². The van der Waals surface area contributed by atoms with Crippen molar-refractivity contribution < 1.29 is 14.3 Å². The van der Waals surface area contributed by atoms with Crippen LogP contribution in [-0.2, 0) is 6.42 Å². The Bertz CT molecular complexity index is 1620. The van der Waals surface area contributed by atoms with E-state index in [-0.39, 0.29) is 5.91 Å². The molecule has 4 N–H and O–H groups in total. The van der Waals surface area contributed by atoms with E-state index in [1.807, 2.05) is 18.2 Å². The highest BCUT2D eigenvalue weighted by molar-refractivity contribution is 6.32. The van der Waals surface area contributed by atoms with Gasteiger partial charge in [-0.15, -0.1) is 0 Å². The second-order valence-electron chi connectivity index (χ2n) is 10.2. The smallest absolute Gasteiger partial charge is 0.255 e. The number of ether oxygens (including phenoxy) is 2. The van der Waals surface area contributed by atoms with Gasteiger partial charge in [0.2, 0.25) is 5.95 Å². The van der Waals surface area contributed by atoms with Crippen LogP contribution in [0.25, 0.3) is 11.4 Å². The van der Waals surface area contributed by atoms with Crippen molar-refractivity contribution in [3.05, 3.63) is 64.9 Å². The summed E-state index contributed by atoms with van der Waals surface area (Å²) in [5, 5.41) is 10.1. The van der Waals surface area contributed by atoms with Crippen LogP contribution in [-0.4, -0.2) is 79.8 Å². The van der Waals surface area contributed by atoms with E-state index in [2.05, 4.69) is 54.9 Å². The molecule has 1 amide bonds. The average Bonchev–Trinajstić information content (AvgIpc) is 3.37. The lowest BCUT2D eigenvalue weighted by Crippen LogP contribution is -2.44. The Morgan fingerprint density at radius 1 is 1.00 bits per heavy atom. The molecule has 2 aromatic carbocycles. The number of nitrogens with one attached hydrogen (secondary N) is 4. The van der Waals surface area contributed by atoms with E-state index in [0.717, 1.165) is 43.2 Å². The van der Waals surface area contributed by atoms with Crippen molar-refractivity contribution in [2.45, 2.75) is 6.42 Å². The molecule has 0 aliphatic carbocycles. The number of anilines is 5. The molecule has 6 rings (SSSR count). The molecular weight excluding hydrogens is 556 g/mol. The fraction of sp³-hybridized carbons (Fsp3) is 0.300. The number of amides is 1. The van der Waals surface area contributed by atoms with Crippen LogP contribution >= 0.6 is 11.6 Å². The van der Waals surface area contributed by atoms with Crippen molar-refractivity contribution in [1.29, 1.82) is 0 Å². The van der Waals surface area contributed by atoms with Gasteiger partial charge in [0.15, 0.2) is 5.75 Å². The van der Waals surface area contributed by atoms with E-state index in [4.69, 9.17) is 26.1 Å². The predicted octanol–water partition coefficient (Wildman–Crippen LogP) is 4.67. The van der Waals surface area contributed by atoms with E-state index in [0.29, 0.717) is 63.8 Å². The van der Waals surface area contributed by atoms with Gasteiger partial charge in [-0.05, 0) is 43.4 Å². The molecule has 4 aromatic rings. The lowest BCUT2D eigenvalue weighted by molar-refractivity contribution is 0.0947. The van der Waals surface area contributed by atoms with Gasteiger partial charge >= 0.3 is 0 Å². The quantitative estimate of drug-likeness (QED) is 0.233. The summed E-state index contributed by atoms with van der Waals surface area (Å²) in [4.78, 5) is 30.5. The van der Waals surface area contributed by atoms with Crippen LogP contribution in [0, 0.1) is 0 Å². The lowest BCUT2D eigenvalue weighted by Gasteiger charge is -2.34. The molecule has 0 atom stereocenters. The number of para-hydroxylation sites is 1. The summed E-state index contributed by atoms with van der Waals surface area (Å²) < 4.78 is 11.2. The number of H-pyrrole nitrogens is 1. The van der Waals surface area contributed by atoms with E-state index >= 15 is 0 Å². The summed E-state index contributed by atoms with van der Waals surface area (Å²) >= 11 is 6.39.